The Labute approximate surface area is 157 Å². The summed E-state index contributed by atoms with van der Waals surface area (Å²) in [7, 11) is 0. The van der Waals surface area contributed by atoms with Crippen LogP contribution in [0.1, 0.15) is 42.2 Å². The van der Waals surface area contributed by atoms with Crippen LogP contribution >= 0.6 is 12.2 Å². The van der Waals surface area contributed by atoms with Crippen molar-refractivity contribution in [2.24, 2.45) is 0 Å². The predicted molar refractivity (Wildman–Crippen MR) is 103 cm³/mol. The Hall–Kier alpha value is -2.60. The van der Waals surface area contributed by atoms with Gasteiger partial charge in [-0.05, 0) is 56.4 Å². The minimum atomic E-state index is -0.590. The number of carbonyl (C=O) groups is 1. The van der Waals surface area contributed by atoms with Gasteiger partial charge in [0, 0.05) is 17.7 Å². The molecule has 2 atom stereocenters. The minimum Gasteiger partial charge on any atom is -0.467 e. The normalized spacial score (nSPS) is 23.5. The van der Waals surface area contributed by atoms with Crippen molar-refractivity contribution in [3.05, 3.63) is 59.7 Å². The molecule has 2 aromatic rings. The molecule has 1 saturated heterocycles. The van der Waals surface area contributed by atoms with Crippen molar-refractivity contribution in [1.29, 1.82) is 0 Å². The highest BCUT2D eigenvalue weighted by Gasteiger charge is 2.48. The zero-order valence-corrected chi connectivity index (χ0v) is 15.5. The van der Waals surface area contributed by atoms with E-state index in [0.717, 1.165) is 23.4 Å². The van der Waals surface area contributed by atoms with Gasteiger partial charge in [0.25, 0.3) is 0 Å². The van der Waals surface area contributed by atoms with Crippen molar-refractivity contribution < 1.29 is 14.3 Å². The molecule has 2 aliphatic rings. The molecular weight excluding hydrogens is 348 g/mol. The fraction of sp³-hybridized carbons (Fsp3) is 0.300. The van der Waals surface area contributed by atoms with Crippen LogP contribution in [0.5, 0.6) is 5.75 Å². The monoisotopic (exact) mass is 368 g/mol. The Morgan fingerprint density at radius 1 is 1.31 bits per heavy atom. The molecule has 6 heteroatoms. The average molecular weight is 368 g/mol. The van der Waals surface area contributed by atoms with E-state index >= 15 is 0 Å². The first-order valence-corrected chi connectivity index (χ1v) is 9.08. The molecule has 0 amide bonds. The fourth-order valence-corrected chi connectivity index (χ4v) is 4.11. The molecule has 5 nitrogen and oxygen atoms in total. The van der Waals surface area contributed by atoms with Gasteiger partial charge in [0.2, 0.25) is 0 Å². The van der Waals surface area contributed by atoms with Crippen molar-refractivity contribution in [3.8, 4) is 5.75 Å². The fourth-order valence-electron chi connectivity index (χ4n) is 3.67. The number of anilines is 1. The molecule has 0 radical (unpaired) electrons. The molecular formula is C20H20N2O3S. The molecule has 4 rings (SSSR count). The number of fused-ring (bicyclic) bond motifs is 4. The number of hydrogen-bond donors (Lipinski definition) is 1. The Morgan fingerprint density at radius 2 is 2.04 bits per heavy atom. The Bertz CT molecular complexity index is 868. The predicted octanol–water partition coefficient (Wildman–Crippen LogP) is 3.80. The summed E-state index contributed by atoms with van der Waals surface area (Å²) in [5.74, 6) is 0.543. The summed E-state index contributed by atoms with van der Waals surface area (Å²) >= 11 is 5.63. The zero-order chi connectivity index (χ0) is 18.3. The average Bonchev–Trinajstić information content (AvgIpc) is 2.61. The lowest BCUT2D eigenvalue weighted by molar-refractivity contribution is 0.0498. The van der Waals surface area contributed by atoms with Crippen LogP contribution < -0.4 is 15.0 Å². The van der Waals surface area contributed by atoms with Gasteiger partial charge >= 0.3 is 5.97 Å². The third kappa shape index (κ3) is 2.70. The van der Waals surface area contributed by atoms with Crippen molar-refractivity contribution in [1.82, 2.24) is 5.32 Å². The molecule has 134 valence electrons. The maximum Gasteiger partial charge on any atom is 0.338 e. The minimum absolute atomic E-state index is 0.132. The van der Waals surface area contributed by atoms with Crippen LogP contribution in [0.4, 0.5) is 5.69 Å². The van der Waals surface area contributed by atoms with Gasteiger partial charge in [0.15, 0.2) is 10.8 Å². The highest BCUT2D eigenvalue weighted by Crippen LogP contribution is 2.45. The highest BCUT2D eigenvalue weighted by molar-refractivity contribution is 7.80. The number of benzene rings is 2. The summed E-state index contributed by atoms with van der Waals surface area (Å²) in [5.41, 5.74) is 1.93. The number of para-hydroxylation sites is 1. The lowest BCUT2D eigenvalue weighted by Crippen LogP contribution is -2.65. The van der Waals surface area contributed by atoms with Gasteiger partial charge in [-0.25, -0.2) is 4.79 Å². The van der Waals surface area contributed by atoms with Gasteiger partial charge in [-0.2, -0.15) is 0 Å². The summed E-state index contributed by atoms with van der Waals surface area (Å²) in [6, 6.07) is 15.4. The Kier molecular flexibility index (Phi) is 4.07. The van der Waals surface area contributed by atoms with Gasteiger partial charge in [-0.15, -0.1) is 0 Å². The number of ether oxygens (including phenoxy) is 2. The number of thiocarbonyl (C=S) groups is 1. The molecule has 2 heterocycles. The first-order chi connectivity index (χ1) is 12.5. The number of nitrogens with one attached hydrogen (secondary N) is 1. The quantitative estimate of drug-likeness (QED) is 0.657. The van der Waals surface area contributed by atoms with Gasteiger partial charge in [0.1, 0.15) is 5.75 Å². The van der Waals surface area contributed by atoms with Gasteiger partial charge in [0.05, 0.1) is 18.2 Å². The third-order valence-electron chi connectivity index (χ3n) is 4.82. The molecule has 2 aliphatic heterocycles. The summed E-state index contributed by atoms with van der Waals surface area (Å²) < 4.78 is 11.4. The maximum atomic E-state index is 11.9. The van der Waals surface area contributed by atoms with Crippen LogP contribution in [0.15, 0.2) is 48.5 Å². The van der Waals surface area contributed by atoms with Gasteiger partial charge < -0.3 is 14.8 Å². The first kappa shape index (κ1) is 16.8. The number of nitrogens with zero attached hydrogens (tertiary/aromatic N) is 1. The SMILES string of the molecule is CCOC(=O)c1ccc(N2C(=S)N[C@@H]3C[C@]2(C)Oc2ccccc23)cc1. The van der Waals surface area contributed by atoms with Gasteiger partial charge in [-0.3, -0.25) is 4.90 Å². The molecule has 1 fully saturated rings. The van der Waals surface area contributed by atoms with Crippen LogP contribution in [-0.4, -0.2) is 23.4 Å². The number of hydrogen-bond acceptors (Lipinski definition) is 4. The van der Waals surface area contributed by atoms with Crippen molar-refractivity contribution in [2.75, 3.05) is 11.5 Å². The Balaban J connectivity index is 1.67. The molecule has 0 saturated carbocycles. The van der Waals surface area contributed by atoms with E-state index in [1.807, 2.05) is 42.2 Å². The van der Waals surface area contributed by atoms with Crippen molar-refractivity contribution in [2.45, 2.75) is 32.0 Å². The second-order valence-corrected chi connectivity index (χ2v) is 7.01. The van der Waals surface area contributed by atoms with Crippen molar-refractivity contribution in [3.63, 3.8) is 0 Å². The van der Waals surface area contributed by atoms with E-state index in [1.165, 1.54) is 0 Å². The van der Waals surface area contributed by atoms with Crippen LogP contribution in [0.25, 0.3) is 0 Å². The van der Waals surface area contributed by atoms with E-state index in [0.29, 0.717) is 17.3 Å². The van der Waals surface area contributed by atoms with E-state index in [9.17, 15) is 4.79 Å². The van der Waals surface area contributed by atoms with Crippen LogP contribution in [-0.2, 0) is 4.74 Å². The van der Waals surface area contributed by atoms with E-state index in [1.54, 1.807) is 19.1 Å². The molecule has 2 aromatic carbocycles. The van der Waals surface area contributed by atoms with Crippen LogP contribution in [0, 0.1) is 0 Å². The molecule has 0 unspecified atom stereocenters. The smallest absolute Gasteiger partial charge is 0.338 e. The largest absolute Gasteiger partial charge is 0.467 e. The van der Waals surface area contributed by atoms with Crippen LogP contribution in [0.3, 0.4) is 0 Å². The number of rotatable bonds is 3. The van der Waals surface area contributed by atoms with E-state index in [4.69, 9.17) is 21.7 Å². The number of carbonyl (C=O) groups excluding carboxylic acids is 1. The molecule has 0 aliphatic carbocycles. The molecule has 2 bridgehead atoms. The van der Waals surface area contributed by atoms with E-state index < -0.39 is 5.72 Å². The molecule has 0 spiro atoms. The van der Waals surface area contributed by atoms with Crippen LogP contribution in [0.2, 0.25) is 0 Å². The lowest BCUT2D eigenvalue weighted by Gasteiger charge is -2.52. The zero-order valence-electron chi connectivity index (χ0n) is 14.7. The summed E-state index contributed by atoms with van der Waals surface area (Å²) in [5, 5.41) is 4.03. The van der Waals surface area contributed by atoms with E-state index in [-0.39, 0.29) is 12.0 Å². The second-order valence-electron chi connectivity index (χ2n) is 6.62. The number of esters is 1. The summed E-state index contributed by atoms with van der Waals surface area (Å²) in [4.78, 5) is 13.8. The second kappa shape index (κ2) is 6.29. The maximum absolute atomic E-state index is 11.9. The lowest BCUT2D eigenvalue weighted by atomic mass is 9.90. The highest BCUT2D eigenvalue weighted by atomic mass is 32.1. The van der Waals surface area contributed by atoms with Gasteiger partial charge in [-0.1, -0.05) is 18.2 Å². The molecule has 1 N–H and O–H groups in total. The first-order valence-electron chi connectivity index (χ1n) is 8.68. The summed E-state index contributed by atoms with van der Waals surface area (Å²) in [6.07, 6.45) is 0.768. The summed E-state index contributed by atoms with van der Waals surface area (Å²) in [6.45, 7) is 4.19. The topological polar surface area (TPSA) is 50.8 Å². The van der Waals surface area contributed by atoms with E-state index in [2.05, 4.69) is 11.4 Å². The Morgan fingerprint density at radius 3 is 2.77 bits per heavy atom. The molecule has 0 aromatic heterocycles. The third-order valence-corrected chi connectivity index (χ3v) is 5.12. The molecule has 26 heavy (non-hydrogen) atoms. The van der Waals surface area contributed by atoms with Crippen molar-refractivity contribution >= 4 is 29.0 Å². The standard InChI is InChI=1S/C20H20N2O3S/c1-3-24-18(23)13-8-10-14(11-9-13)22-19(26)21-16-12-20(22,2)25-17-7-5-4-6-15(16)17/h4-11,16H,3,12H2,1-2H3,(H,21,26)/t16-,20+/m1/s1.